The van der Waals surface area contributed by atoms with Crippen LogP contribution in [0.15, 0.2) is 34.8 Å². The monoisotopic (exact) mass is 328 g/mol. The quantitative estimate of drug-likeness (QED) is 0.837. The third-order valence-electron chi connectivity index (χ3n) is 2.81. The molecule has 6 nitrogen and oxygen atoms in total. The van der Waals surface area contributed by atoms with E-state index in [4.69, 9.17) is 9.47 Å². The van der Waals surface area contributed by atoms with Gasteiger partial charge in [-0.3, -0.25) is 4.98 Å². The second-order valence-corrected chi connectivity index (χ2v) is 6.87. The molecule has 0 saturated heterocycles. The van der Waals surface area contributed by atoms with Crippen molar-refractivity contribution in [2.75, 3.05) is 20.8 Å². The minimum atomic E-state index is -3.57. The largest absolute Gasteiger partial charge is 0.493 e. The number of sulfonamides is 1. The van der Waals surface area contributed by atoms with Gasteiger partial charge in [0.1, 0.15) is 0 Å². The average molecular weight is 328 g/mol. The number of methoxy groups -OCH3 is 2. The summed E-state index contributed by atoms with van der Waals surface area (Å²) < 4.78 is 37.2. The van der Waals surface area contributed by atoms with Crippen LogP contribution in [-0.2, 0) is 16.4 Å². The molecule has 1 heterocycles. The first-order chi connectivity index (χ1) is 10.1. The number of nitrogens with zero attached hydrogens (tertiary/aromatic N) is 1. The second kappa shape index (κ2) is 6.88. The molecule has 1 aromatic carbocycles. The summed E-state index contributed by atoms with van der Waals surface area (Å²) in [6, 6.07) is 4.49. The molecule has 8 heteroatoms. The fourth-order valence-corrected chi connectivity index (χ4v) is 3.39. The molecule has 114 valence electrons. The maximum atomic E-state index is 12.2. The highest BCUT2D eigenvalue weighted by Crippen LogP contribution is 2.29. The van der Waals surface area contributed by atoms with Crippen molar-refractivity contribution in [2.24, 2.45) is 0 Å². The van der Waals surface area contributed by atoms with Crippen molar-refractivity contribution in [3.63, 3.8) is 0 Å². The SMILES string of the molecule is COc1ccc(S(=O)(=O)NCCc2cncs2)cc1OC. The van der Waals surface area contributed by atoms with Gasteiger partial charge in [-0.1, -0.05) is 0 Å². The number of benzene rings is 1. The van der Waals surface area contributed by atoms with E-state index in [0.717, 1.165) is 4.88 Å². The number of hydrogen-bond donors (Lipinski definition) is 1. The molecule has 1 N–H and O–H groups in total. The molecule has 0 spiro atoms. The Morgan fingerprint density at radius 2 is 2.00 bits per heavy atom. The summed E-state index contributed by atoms with van der Waals surface area (Å²) in [6.07, 6.45) is 2.34. The van der Waals surface area contributed by atoms with Crippen molar-refractivity contribution >= 4 is 21.4 Å². The van der Waals surface area contributed by atoms with Crippen molar-refractivity contribution < 1.29 is 17.9 Å². The van der Waals surface area contributed by atoms with Gasteiger partial charge in [0.15, 0.2) is 11.5 Å². The van der Waals surface area contributed by atoms with Crippen LogP contribution >= 0.6 is 11.3 Å². The lowest BCUT2D eigenvalue weighted by Crippen LogP contribution is -2.25. The van der Waals surface area contributed by atoms with Crippen LogP contribution in [-0.4, -0.2) is 34.2 Å². The molecule has 0 aliphatic rings. The van der Waals surface area contributed by atoms with E-state index < -0.39 is 10.0 Å². The highest BCUT2D eigenvalue weighted by Gasteiger charge is 2.16. The molecule has 0 saturated carbocycles. The molecule has 0 bridgehead atoms. The van der Waals surface area contributed by atoms with Crippen LogP contribution in [0.1, 0.15) is 4.88 Å². The summed E-state index contributed by atoms with van der Waals surface area (Å²) in [5.74, 6) is 0.865. The lowest BCUT2D eigenvalue weighted by Gasteiger charge is -2.10. The smallest absolute Gasteiger partial charge is 0.240 e. The Labute approximate surface area is 127 Å². The molecule has 1 aromatic heterocycles. The number of rotatable bonds is 7. The Hall–Kier alpha value is -1.64. The third kappa shape index (κ3) is 3.93. The normalized spacial score (nSPS) is 11.3. The molecule has 0 amide bonds. The zero-order valence-electron chi connectivity index (χ0n) is 11.7. The van der Waals surface area contributed by atoms with E-state index in [1.807, 2.05) is 0 Å². The topological polar surface area (TPSA) is 77.5 Å². The molecule has 2 rings (SSSR count). The standard InChI is InChI=1S/C13H16N2O4S2/c1-18-12-4-3-11(7-13(12)19-2)21(16,17)15-6-5-10-8-14-9-20-10/h3-4,7-9,15H,5-6H2,1-2H3. The van der Waals surface area contributed by atoms with Gasteiger partial charge in [0, 0.05) is 23.7 Å². The van der Waals surface area contributed by atoms with Crippen LogP contribution in [0.2, 0.25) is 0 Å². The number of nitrogens with one attached hydrogen (secondary N) is 1. The number of ether oxygens (including phenoxy) is 2. The van der Waals surface area contributed by atoms with Gasteiger partial charge in [0.25, 0.3) is 0 Å². The summed E-state index contributed by atoms with van der Waals surface area (Å²) >= 11 is 1.50. The van der Waals surface area contributed by atoms with E-state index in [-0.39, 0.29) is 4.90 Å². The lowest BCUT2D eigenvalue weighted by atomic mass is 10.3. The molecular formula is C13H16N2O4S2. The number of aromatic nitrogens is 1. The highest BCUT2D eigenvalue weighted by atomic mass is 32.2. The van der Waals surface area contributed by atoms with Crippen molar-refractivity contribution in [3.05, 3.63) is 34.8 Å². The Kier molecular flexibility index (Phi) is 5.16. The number of hydrogen-bond acceptors (Lipinski definition) is 6. The van der Waals surface area contributed by atoms with Gasteiger partial charge in [-0.05, 0) is 18.6 Å². The first kappa shape index (κ1) is 15.7. The van der Waals surface area contributed by atoms with Gasteiger partial charge in [-0.2, -0.15) is 0 Å². The summed E-state index contributed by atoms with van der Waals surface area (Å²) in [4.78, 5) is 5.12. The van der Waals surface area contributed by atoms with Crippen molar-refractivity contribution in [1.29, 1.82) is 0 Å². The van der Waals surface area contributed by atoms with Crippen molar-refractivity contribution in [3.8, 4) is 11.5 Å². The molecular weight excluding hydrogens is 312 g/mol. The second-order valence-electron chi connectivity index (χ2n) is 4.13. The molecule has 0 aliphatic carbocycles. The van der Waals surface area contributed by atoms with E-state index in [1.165, 1.54) is 37.7 Å². The molecule has 0 radical (unpaired) electrons. The van der Waals surface area contributed by atoms with E-state index in [0.29, 0.717) is 24.5 Å². The van der Waals surface area contributed by atoms with Gasteiger partial charge in [0.2, 0.25) is 10.0 Å². The molecule has 0 fully saturated rings. The molecule has 0 unspecified atom stereocenters. The van der Waals surface area contributed by atoms with Crippen LogP contribution in [0.3, 0.4) is 0 Å². The fraction of sp³-hybridized carbons (Fsp3) is 0.308. The highest BCUT2D eigenvalue weighted by molar-refractivity contribution is 7.89. The summed E-state index contributed by atoms with van der Waals surface area (Å²) in [5.41, 5.74) is 1.72. The Balaban J connectivity index is 2.08. The summed E-state index contributed by atoms with van der Waals surface area (Å²) in [6.45, 7) is 0.318. The summed E-state index contributed by atoms with van der Waals surface area (Å²) in [5, 5.41) is 0. The van der Waals surface area contributed by atoms with Gasteiger partial charge in [-0.15, -0.1) is 11.3 Å². The zero-order chi connectivity index (χ0) is 15.3. The first-order valence-corrected chi connectivity index (χ1v) is 8.52. The molecule has 0 aliphatic heterocycles. The van der Waals surface area contributed by atoms with E-state index in [1.54, 1.807) is 17.8 Å². The van der Waals surface area contributed by atoms with Crippen LogP contribution in [0.5, 0.6) is 11.5 Å². The van der Waals surface area contributed by atoms with Crippen molar-refractivity contribution in [1.82, 2.24) is 9.71 Å². The van der Waals surface area contributed by atoms with Crippen LogP contribution in [0, 0.1) is 0 Å². The predicted octanol–water partition coefficient (Wildman–Crippen LogP) is 1.68. The zero-order valence-corrected chi connectivity index (χ0v) is 13.3. The van der Waals surface area contributed by atoms with Gasteiger partial charge >= 0.3 is 0 Å². The number of thiazole rings is 1. The average Bonchev–Trinajstić information content (AvgIpc) is 2.99. The minimum Gasteiger partial charge on any atom is -0.493 e. The Morgan fingerprint density at radius 3 is 2.62 bits per heavy atom. The Bertz CT molecular complexity index is 684. The molecule has 2 aromatic rings. The van der Waals surface area contributed by atoms with Crippen LogP contribution < -0.4 is 14.2 Å². The lowest BCUT2D eigenvalue weighted by molar-refractivity contribution is 0.354. The molecule has 21 heavy (non-hydrogen) atoms. The third-order valence-corrected chi connectivity index (χ3v) is 5.11. The van der Waals surface area contributed by atoms with E-state index in [2.05, 4.69) is 9.71 Å². The van der Waals surface area contributed by atoms with E-state index in [9.17, 15) is 8.42 Å². The van der Waals surface area contributed by atoms with Crippen LogP contribution in [0.25, 0.3) is 0 Å². The Morgan fingerprint density at radius 1 is 1.24 bits per heavy atom. The predicted molar refractivity (Wildman–Crippen MR) is 80.6 cm³/mol. The van der Waals surface area contributed by atoms with Crippen LogP contribution in [0.4, 0.5) is 0 Å². The van der Waals surface area contributed by atoms with Crippen molar-refractivity contribution in [2.45, 2.75) is 11.3 Å². The maximum Gasteiger partial charge on any atom is 0.240 e. The minimum absolute atomic E-state index is 0.143. The summed E-state index contributed by atoms with van der Waals surface area (Å²) in [7, 11) is -0.609. The van der Waals surface area contributed by atoms with Gasteiger partial charge in [0.05, 0.1) is 24.6 Å². The van der Waals surface area contributed by atoms with E-state index >= 15 is 0 Å². The fourth-order valence-electron chi connectivity index (χ4n) is 1.74. The first-order valence-electron chi connectivity index (χ1n) is 6.16. The van der Waals surface area contributed by atoms with Gasteiger partial charge < -0.3 is 9.47 Å². The molecule has 0 atom stereocenters. The maximum absolute atomic E-state index is 12.2. The van der Waals surface area contributed by atoms with Gasteiger partial charge in [-0.25, -0.2) is 13.1 Å².